The molecule has 2 N–H and O–H groups in total. The van der Waals surface area contributed by atoms with Crippen molar-refractivity contribution in [3.8, 4) is 0 Å². The van der Waals surface area contributed by atoms with Crippen molar-refractivity contribution in [2.45, 2.75) is 6.04 Å². The van der Waals surface area contributed by atoms with Gasteiger partial charge in [-0.2, -0.15) is 0 Å². The zero-order valence-electron chi connectivity index (χ0n) is 7.04. The molecule has 1 unspecified atom stereocenters. The first kappa shape index (κ1) is 8.74. The first-order chi connectivity index (χ1) is 6.66. The summed E-state index contributed by atoms with van der Waals surface area (Å²) in [6.07, 6.45) is 0.363. The number of pyridine rings is 1. The Kier molecular flexibility index (Phi) is 1.95. The molecule has 1 amide bonds. The van der Waals surface area contributed by atoms with E-state index in [0.717, 1.165) is 12.3 Å². The topological polar surface area (TPSA) is 71.2 Å². The van der Waals surface area contributed by atoms with Gasteiger partial charge in [-0.3, -0.25) is 4.79 Å². The Balaban J connectivity index is 2.36. The number of alkyl carbamates (subject to hydrolysis) is 1. The fourth-order valence-electron chi connectivity index (χ4n) is 1.28. The molecule has 1 atom stereocenters. The highest BCUT2D eigenvalue weighted by atomic mass is 19.1. The molecule has 0 radical (unpaired) electrons. The minimum atomic E-state index is -0.598. The van der Waals surface area contributed by atoms with Crippen LogP contribution in [-0.2, 0) is 4.74 Å². The van der Waals surface area contributed by atoms with E-state index in [4.69, 9.17) is 0 Å². The van der Waals surface area contributed by atoms with Crippen molar-refractivity contribution in [2.75, 3.05) is 6.61 Å². The van der Waals surface area contributed by atoms with E-state index in [0.29, 0.717) is 0 Å². The second kappa shape index (κ2) is 3.13. The summed E-state index contributed by atoms with van der Waals surface area (Å²) in [6.45, 7) is 0.0470. The molecule has 1 fully saturated rings. The number of aromatic nitrogens is 1. The molecule has 1 aliphatic heterocycles. The van der Waals surface area contributed by atoms with E-state index < -0.39 is 23.5 Å². The van der Waals surface area contributed by atoms with Gasteiger partial charge in [0.15, 0.2) is 0 Å². The number of hydrogen-bond acceptors (Lipinski definition) is 3. The number of hydrogen-bond donors (Lipinski definition) is 2. The Morgan fingerprint density at radius 1 is 1.50 bits per heavy atom. The second-order valence-corrected chi connectivity index (χ2v) is 2.90. The van der Waals surface area contributed by atoms with Crippen LogP contribution >= 0.6 is 0 Å². The molecule has 1 aromatic heterocycles. The van der Waals surface area contributed by atoms with Crippen LogP contribution in [0.2, 0.25) is 0 Å². The lowest BCUT2D eigenvalue weighted by atomic mass is 10.1. The van der Waals surface area contributed by atoms with Gasteiger partial charge in [-0.1, -0.05) is 0 Å². The van der Waals surface area contributed by atoms with Crippen molar-refractivity contribution >= 4 is 6.09 Å². The average Bonchev–Trinajstić information content (AvgIpc) is 2.56. The van der Waals surface area contributed by atoms with Crippen molar-refractivity contribution in [1.82, 2.24) is 10.3 Å². The van der Waals surface area contributed by atoms with Crippen LogP contribution in [0.15, 0.2) is 17.1 Å². The van der Waals surface area contributed by atoms with Crippen LogP contribution < -0.4 is 10.9 Å². The number of H-pyrrole nitrogens is 1. The predicted octanol–water partition coefficient (Wildman–Crippen LogP) is 0.295. The summed E-state index contributed by atoms with van der Waals surface area (Å²) in [5.41, 5.74) is -0.266. The molecule has 0 bridgehead atoms. The Morgan fingerprint density at radius 2 is 2.29 bits per heavy atom. The number of ether oxygens (including phenoxy) is 1. The third kappa shape index (κ3) is 1.46. The second-order valence-electron chi connectivity index (χ2n) is 2.90. The summed E-state index contributed by atoms with van der Waals surface area (Å²) in [7, 11) is 0. The van der Waals surface area contributed by atoms with Crippen LogP contribution in [0.25, 0.3) is 0 Å². The van der Waals surface area contributed by atoms with E-state index in [9.17, 15) is 14.0 Å². The number of carbonyl (C=O) groups is 1. The number of rotatable bonds is 1. The quantitative estimate of drug-likeness (QED) is 0.681. The number of nitrogens with one attached hydrogen (secondary N) is 2. The summed E-state index contributed by atoms with van der Waals surface area (Å²) in [6, 6.07) is 0.514. The van der Waals surface area contributed by atoms with Gasteiger partial charge in [0.2, 0.25) is 0 Å². The van der Waals surface area contributed by atoms with Crippen molar-refractivity contribution in [3.05, 3.63) is 34.0 Å². The first-order valence-corrected chi connectivity index (χ1v) is 3.98. The highest BCUT2D eigenvalue weighted by Crippen LogP contribution is 2.14. The van der Waals surface area contributed by atoms with E-state index in [-0.39, 0.29) is 12.2 Å². The summed E-state index contributed by atoms with van der Waals surface area (Å²) in [5, 5.41) is 2.39. The lowest BCUT2D eigenvalue weighted by molar-refractivity contribution is 0.177. The maximum absolute atomic E-state index is 12.8. The lowest BCUT2D eigenvalue weighted by Gasteiger charge is -2.05. The van der Waals surface area contributed by atoms with Crippen LogP contribution in [-0.4, -0.2) is 17.7 Å². The molecular weight excluding hydrogens is 191 g/mol. The zero-order chi connectivity index (χ0) is 10.1. The van der Waals surface area contributed by atoms with E-state index in [2.05, 4.69) is 15.0 Å². The molecule has 0 aliphatic carbocycles. The highest BCUT2D eigenvalue weighted by Gasteiger charge is 2.26. The van der Waals surface area contributed by atoms with Gasteiger partial charge >= 0.3 is 6.09 Å². The van der Waals surface area contributed by atoms with Crippen LogP contribution in [0.5, 0.6) is 0 Å². The minimum Gasteiger partial charge on any atom is -0.447 e. The summed E-state index contributed by atoms with van der Waals surface area (Å²) in [5.74, 6) is -0.555. The first-order valence-electron chi connectivity index (χ1n) is 3.98. The average molecular weight is 198 g/mol. The minimum absolute atomic E-state index is 0.0470. The molecular formula is C8H7FN2O3. The van der Waals surface area contributed by atoms with Gasteiger partial charge in [-0.15, -0.1) is 0 Å². The van der Waals surface area contributed by atoms with Gasteiger partial charge in [0.25, 0.3) is 5.56 Å². The highest BCUT2D eigenvalue weighted by molar-refractivity contribution is 5.70. The lowest BCUT2D eigenvalue weighted by Crippen LogP contribution is -2.25. The van der Waals surface area contributed by atoms with Gasteiger partial charge < -0.3 is 15.0 Å². The smallest absolute Gasteiger partial charge is 0.407 e. The van der Waals surface area contributed by atoms with Crippen molar-refractivity contribution in [3.63, 3.8) is 0 Å². The van der Waals surface area contributed by atoms with Gasteiger partial charge in [-0.05, 0) is 6.07 Å². The zero-order valence-corrected chi connectivity index (χ0v) is 7.04. The molecule has 0 aromatic carbocycles. The molecule has 5 nitrogen and oxygen atoms in total. The van der Waals surface area contributed by atoms with Crippen LogP contribution in [0.4, 0.5) is 9.18 Å². The molecule has 1 aromatic rings. The van der Waals surface area contributed by atoms with Gasteiger partial charge in [-0.25, -0.2) is 9.18 Å². The van der Waals surface area contributed by atoms with Crippen LogP contribution in [0, 0.1) is 5.82 Å². The molecule has 0 spiro atoms. The number of cyclic esters (lactones) is 1. The molecule has 1 saturated heterocycles. The summed E-state index contributed by atoms with van der Waals surface area (Å²) < 4.78 is 17.4. The van der Waals surface area contributed by atoms with Crippen LogP contribution in [0.3, 0.4) is 0 Å². The molecule has 6 heteroatoms. The van der Waals surface area contributed by atoms with E-state index in [1.165, 1.54) is 0 Å². The normalized spacial score (nSPS) is 20.4. The van der Waals surface area contributed by atoms with Gasteiger partial charge in [0.1, 0.15) is 12.4 Å². The number of aromatic amines is 1. The number of carbonyl (C=O) groups excluding carboxylic acids is 1. The predicted molar refractivity (Wildman–Crippen MR) is 44.2 cm³/mol. The van der Waals surface area contributed by atoms with Crippen molar-refractivity contribution in [1.29, 1.82) is 0 Å². The molecule has 2 heterocycles. The van der Waals surface area contributed by atoms with Gasteiger partial charge in [0, 0.05) is 11.8 Å². The van der Waals surface area contributed by atoms with Gasteiger partial charge in [0.05, 0.1) is 6.04 Å². The molecule has 2 rings (SSSR count). The molecule has 1 aliphatic rings. The Hall–Kier alpha value is -1.85. The number of halogens is 1. The number of amides is 1. The Labute approximate surface area is 77.9 Å². The van der Waals surface area contributed by atoms with E-state index in [1.807, 2.05) is 0 Å². The fourth-order valence-corrected chi connectivity index (χ4v) is 1.28. The molecule has 0 saturated carbocycles. The Bertz CT molecular complexity index is 429. The summed E-state index contributed by atoms with van der Waals surface area (Å²) >= 11 is 0. The third-order valence-electron chi connectivity index (χ3n) is 1.95. The van der Waals surface area contributed by atoms with Crippen LogP contribution in [0.1, 0.15) is 11.6 Å². The standard InChI is InChI=1S/C8H7FN2O3/c9-4-1-5(7(12)10-2-4)6-3-14-8(13)11-6/h1-2,6H,3H2,(H,10,12)(H,11,13). The largest absolute Gasteiger partial charge is 0.447 e. The molecule has 14 heavy (non-hydrogen) atoms. The van der Waals surface area contributed by atoms with Crippen molar-refractivity contribution < 1.29 is 13.9 Å². The molecule has 74 valence electrons. The summed E-state index contributed by atoms with van der Waals surface area (Å²) in [4.78, 5) is 24.1. The monoisotopic (exact) mass is 198 g/mol. The maximum atomic E-state index is 12.8. The van der Waals surface area contributed by atoms with E-state index >= 15 is 0 Å². The SMILES string of the molecule is O=C1NC(c2cc(F)c[nH]c2=O)CO1. The Morgan fingerprint density at radius 3 is 2.93 bits per heavy atom. The fraction of sp³-hybridized carbons (Fsp3) is 0.250. The maximum Gasteiger partial charge on any atom is 0.407 e. The van der Waals surface area contributed by atoms with E-state index in [1.54, 1.807) is 0 Å². The third-order valence-corrected chi connectivity index (χ3v) is 1.95. The van der Waals surface area contributed by atoms with Crippen molar-refractivity contribution in [2.24, 2.45) is 0 Å².